The molecule has 0 N–H and O–H groups in total. The van der Waals surface area contributed by atoms with Crippen molar-refractivity contribution in [2.75, 3.05) is 0 Å². The molecule has 0 radical (unpaired) electrons. The second-order valence-electron chi connectivity index (χ2n) is 5.80. The molecule has 1 aromatic heterocycles. The van der Waals surface area contributed by atoms with Gasteiger partial charge in [0.1, 0.15) is 0 Å². The number of carbonyl (C=O) groups is 1. The molecule has 3 nitrogen and oxygen atoms in total. The maximum Gasteiger partial charge on any atom is 0.338 e. The Morgan fingerprint density at radius 2 is 1.84 bits per heavy atom. The van der Waals surface area contributed by atoms with Crippen LogP contribution in [-0.4, -0.2) is 17.1 Å². The third-order valence-electron chi connectivity index (χ3n) is 3.45. The summed E-state index contributed by atoms with van der Waals surface area (Å²) in [5, 5.41) is 2.09. The SMILES string of the molecule is CC(C)OC(=O)c1ccc(CSc2nc(-c3ccccc3)cs2)cc1. The predicted molar refractivity (Wildman–Crippen MR) is 104 cm³/mol. The first-order valence-electron chi connectivity index (χ1n) is 8.05. The van der Waals surface area contributed by atoms with Gasteiger partial charge in [0.05, 0.1) is 17.4 Å². The van der Waals surface area contributed by atoms with Crippen LogP contribution < -0.4 is 0 Å². The van der Waals surface area contributed by atoms with Crippen LogP contribution in [0.15, 0.2) is 64.3 Å². The van der Waals surface area contributed by atoms with Gasteiger partial charge in [0.25, 0.3) is 0 Å². The Hall–Kier alpha value is -2.11. The Morgan fingerprint density at radius 3 is 2.52 bits per heavy atom. The average Bonchev–Trinajstić information content (AvgIpc) is 3.10. The molecule has 128 valence electrons. The highest BCUT2D eigenvalue weighted by molar-refractivity contribution is 8.00. The Balaban J connectivity index is 1.59. The molecule has 0 unspecified atom stereocenters. The van der Waals surface area contributed by atoms with E-state index in [0.717, 1.165) is 26.9 Å². The molecular formula is C20H19NO2S2. The number of hydrogen-bond donors (Lipinski definition) is 0. The van der Waals surface area contributed by atoms with Crippen LogP contribution in [0, 0.1) is 0 Å². The van der Waals surface area contributed by atoms with Crippen molar-refractivity contribution in [2.45, 2.75) is 30.0 Å². The Morgan fingerprint density at radius 1 is 1.12 bits per heavy atom. The van der Waals surface area contributed by atoms with Crippen LogP contribution in [0.5, 0.6) is 0 Å². The molecule has 0 saturated carbocycles. The topological polar surface area (TPSA) is 39.2 Å². The first-order chi connectivity index (χ1) is 12.1. The minimum absolute atomic E-state index is 0.105. The quantitative estimate of drug-likeness (QED) is 0.415. The van der Waals surface area contributed by atoms with Crippen LogP contribution in [0.1, 0.15) is 29.8 Å². The summed E-state index contributed by atoms with van der Waals surface area (Å²) in [5.74, 6) is 0.544. The third-order valence-corrected chi connectivity index (χ3v) is 5.54. The molecule has 1 heterocycles. The van der Waals surface area contributed by atoms with Crippen LogP contribution in [0.25, 0.3) is 11.3 Å². The molecule has 0 bridgehead atoms. The summed E-state index contributed by atoms with van der Waals surface area (Å²) in [7, 11) is 0. The summed E-state index contributed by atoms with van der Waals surface area (Å²) in [4.78, 5) is 16.5. The lowest BCUT2D eigenvalue weighted by molar-refractivity contribution is 0.0378. The number of nitrogens with zero attached hydrogens (tertiary/aromatic N) is 1. The van der Waals surface area contributed by atoms with E-state index >= 15 is 0 Å². The first kappa shape index (κ1) is 17.7. The molecule has 0 spiro atoms. The minimum Gasteiger partial charge on any atom is -0.459 e. The van der Waals surface area contributed by atoms with Crippen molar-refractivity contribution < 1.29 is 9.53 Å². The first-order valence-corrected chi connectivity index (χ1v) is 9.92. The highest BCUT2D eigenvalue weighted by atomic mass is 32.2. The van der Waals surface area contributed by atoms with Crippen LogP contribution in [-0.2, 0) is 10.5 Å². The van der Waals surface area contributed by atoms with E-state index in [1.807, 2.05) is 56.3 Å². The lowest BCUT2D eigenvalue weighted by atomic mass is 10.1. The largest absolute Gasteiger partial charge is 0.459 e. The lowest BCUT2D eigenvalue weighted by Crippen LogP contribution is -2.11. The van der Waals surface area contributed by atoms with Gasteiger partial charge in [-0.25, -0.2) is 9.78 Å². The Labute approximate surface area is 156 Å². The number of carbonyl (C=O) groups excluding carboxylic acids is 1. The van der Waals surface area contributed by atoms with Gasteiger partial charge in [-0.2, -0.15) is 0 Å². The number of ether oxygens (including phenoxy) is 1. The molecule has 0 atom stereocenters. The summed E-state index contributed by atoms with van der Waals surface area (Å²) in [6.45, 7) is 3.70. The molecule has 0 amide bonds. The molecule has 5 heteroatoms. The fraction of sp³-hybridized carbons (Fsp3) is 0.200. The molecule has 25 heavy (non-hydrogen) atoms. The van der Waals surface area contributed by atoms with E-state index in [0.29, 0.717) is 5.56 Å². The van der Waals surface area contributed by atoms with Crippen molar-refractivity contribution in [3.8, 4) is 11.3 Å². The van der Waals surface area contributed by atoms with Gasteiger partial charge in [-0.3, -0.25) is 0 Å². The summed E-state index contributed by atoms with van der Waals surface area (Å²) < 4.78 is 6.24. The molecule has 0 saturated heterocycles. The number of esters is 1. The fourth-order valence-electron chi connectivity index (χ4n) is 2.23. The Bertz CT molecular complexity index is 826. The number of thiazole rings is 1. The minimum atomic E-state index is -0.276. The van der Waals surface area contributed by atoms with Crippen molar-refractivity contribution in [3.05, 3.63) is 71.1 Å². The van der Waals surface area contributed by atoms with Gasteiger partial charge in [0, 0.05) is 16.7 Å². The van der Waals surface area contributed by atoms with Gasteiger partial charge >= 0.3 is 5.97 Å². The molecule has 0 fully saturated rings. The summed E-state index contributed by atoms with van der Waals surface area (Å²) in [6, 6.07) is 17.8. The van der Waals surface area contributed by atoms with E-state index in [1.54, 1.807) is 23.1 Å². The van der Waals surface area contributed by atoms with Gasteiger partial charge < -0.3 is 4.74 Å². The van der Waals surface area contributed by atoms with E-state index in [-0.39, 0.29) is 12.1 Å². The van der Waals surface area contributed by atoms with Gasteiger partial charge in [0.2, 0.25) is 0 Å². The van der Waals surface area contributed by atoms with Crippen LogP contribution in [0.3, 0.4) is 0 Å². The maximum absolute atomic E-state index is 11.8. The smallest absolute Gasteiger partial charge is 0.338 e. The van der Waals surface area contributed by atoms with Crippen molar-refractivity contribution in [3.63, 3.8) is 0 Å². The van der Waals surface area contributed by atoms with Crippen molar-refractivity contribution in [2.24, 2.45) is 0 Å². The predicted octanol–water partition coefficient (Wildman–Crippen LogP) is 5.67. The second-order valence-corrected chi connectivity index (χ2v) is 7.88. The van der Waals surface area contributed by atoms with E-state index in [4.69, 9.17) is 4.74 Å². The van der Waals surface area contributed by atoms with Crippen LogP contribution >= 0.6 is 23.1 Å². The van der Waals surface area contributed by atoms with Crippen molar-refractivity contribution in [1.29, 1.82) is 0 Å². The summed E-state index contributed by atoms with van der Waals surface area (Å²) in [6.07, 6.45) is -0.105. The zero-order valence-corrected chi connectivity index (χ0v) is 15.8. The number of rotatable bonds is 6. The van der Waals surface area contributed by atoms with E-state index in [9.17, 15) is 4.79 Å². The van der Waals surface area contributed by atoms with Gasteiger partial charge in [-0.15, -0.1) is 11.3 Å². The summed E-state index contributed by atoms with van der Waals surface area (Å²) in [5.41, 5.74) is 3.89. The highest BCUT2D eigenvalue weighted by Crippen LogP contribution is 2.30. The van der Waals surface area contributed by atoms with Crippen molar-refractivity contribution >= 4 is 29.1 Å². The van der Waals surface area contributed by atoms with Crippen molar-refractivity contribution in [1.82, 2.24) is 4.98 Å². The van der Waals surface area contributed by atoms with E-state index in [2.05, 4.69) is 22.5 Å². The maximum atomic E-state index is 11.8. The highest BCUT2D eigenvalue weighted by Gasteiger charge is 2.09. The molecule has 0 aliphatic rings. The molecule has 3 aromatic rings. The van der Waals surface area contributed by atoms with Crippen LogP contribution in [0.2, 0.25) is 0 Å². The molecule has 2 aromatic carbocycles. The zero-order valence-electron chi connectivity index (χ0n) is 14.1. The number of hydrogen-bond acceptors (Lipinski definition) is 5. The molecule has 0 aliphatic carbocycles. The standard InChI is InChI=1S/C20H19NO2S2/c1-14(2)23-19(22)17-10-8-15(9-11-17)12-24-20-21-18(13-25-20)16-6-4-3-5-7-16/h3-11,13-14H,12H2,1-2H3. The molecular weight excluding hydrogens is 350 g/mol. The van der Waals surface area contributed by atoms with Gasteiger partial charge in [-0.05, 0) is 31.5 Å². The third kappa shape index (κ3) is 4.94. The molecule has 0 aliphatic heterocycles. The van der Waals surface area contributed by atoms with Crippen LogP contribution in [0.4, 0.5) is 0 Å². The average molecular weight is 370 g/mol. The van der Waals surface area contributed by atoms with Gasteiger partial charge in [0.15, 0.2) is 4.34 Å². The lowest BCUT2D eigenvalue weighted by Gasteiger charge is -2.08. The second kappa shape index (κ2) is 8.32. The Kier molecular flexibility index (Phi) is 5.89. The van der Waals surface area contributed by atoms with E-state index < -0.39 is 0 Å². The summed E-state index contributed by atoms with van der Waals surface area (Å²) >= 11 is 3.36. The number of benzene rings is 2. The monoisotopic (exact) mass is 369 g/mol. The number of thioether (sulfide) groups is 1. The van der Waals surface area contributed by atoms with Gasteiger partial charge in [-0.1, -0.05) is 54.2 Å². The zero-order chi connectivity index (χ0) is 17.6. The normalized spacial score (nSPS) is 10.8. The number of aromatic nitrogens is 1. The molecule has 3 rings (SSSR count). The van der Waals surface area contributed by atoms with E-state index in [1.165, 1.54) is 0 Å². The fourth-order valence-corrected chi connectivity index (χ4v) is 4.02.